The van der Waals surface area contributed by atoms with Gasteiger partial charge in [-0.15, -0.1) is 0 Å². The number of halogens is 3. The van der Waals surface area contributed by atoms with Crippen LogP contribution >= 0.6 is 11.8 Å². The molecule has 5 heterocycles. The molecule has 35 heavy (non-hydrogen) atoms. The fourth-order valence-corrected chi connectivity index (χ4v) is 5.97. The smallest absolute Gasteiger partial charge is 0.355 e. The first kappa shape index (κ1) is 22.2. The lowest BCUT2D eigenvalue weighted by Crippen LogP contribution is -2.41. The summed E-state index contributed by atoms with van der Waals surface area (Å²) >= 11 is 0.917. The number of nitrogens with zero attached hydrogens (tertiary/aromatic N) is 6. The van der Waals surface area contributed by atoms with E-state index in [0.717, 1.165) is 62.5 Å². The standard InChI is InChI=1S/C25H21F3N6S/c26-25(27,28)22-19(4-2-10-30-22)35-21-6-5-17-23(33-21)31-15-20(32-17)34-11-7-24(8-12-34)13-16-3-1-9-29-18(16)14-24/h1-6,9-10,15H,7-8,11-14H2. The van der Waals surface area contributed by atoms with Gasteiger partial charge in [-0.05, 0) is 67.0 Å². The first-order valence-electron chi connectivity index (χ1n) is 11.4. The molecule has 1 aliphatic carbocycles. The van der Waals surface area contributed by atoms with Crippen molar-refractivity contribution < 1.29 is 13.2 Å². The molecule has 0 atom stereocenters. The largest absolute Gasteiger partial charge is 0.434 e. The molecule has 0 amide bonds. The number of alkyl halides is 3. The van der Waals surface area contributed by atoms with Crippen LogP contribution in [0.3, 0.4) is 0 Å². The predicted octanol–water partition coefficient (Wildman–Crippen LogP) is 5.37. The second-order valence-corrected chi connectivity index (χ2v) is 10.2. The average Bonchev–Trinajstić information content (AvgIpc) is 3.21. The number of pyridine rings is 3. The van der Waals surface area contributed by atoms with Gasteiger partial charge >= 0.3 is 6.18 Å². The number of anilines is 1. The highest BCUT2D eigenvalue weighted by molar-refractivity contribution is 7.99. The first-order valence-corrected chi connectivity index (χ1v) is 12.2. The fraction of sp³-hybridized carbons (Fsp3) is 0.320. The second-order valence-electron chi connectivity index (χ2n) is 9.12. The van der Waals surface area contributed by atoms with Crippen LogP contribution in [-0.2, 0) is 19.0 Å². The molecule has 0 unspecified atom stereocenters. The van der Waals surface area contributed by atoms with Crippen molar-refractivity contribution in [2.24, 2.45) is 5.41 Å². The highest BCUT2D eigenvalue weighted by Crippen LogP contribution is 2.44. The molecule has 6 nitrogen and oxygen atoms in total. The summed E-state index contributed by atoms with van der Waals surface area (Å²) in [6.45, 7) is 1.80. The van der Waals surface area contributed by atoms with Crippen LogP contribution in [0, 0.1) is 5.41 Å². The molecule has 178 valence electrons. The molecular formula is C25H21F3N6S. The minimum absolute atomic E-state index is 0.00272. The Labute approximate surface area is 204 Å². The van der Waals surface area contributed by atoms with E-state index in [0.29, 0.717) is 16.2 Å². The molecule has 4 aromatic rings. The van der Waals surface area contributed by atoms with Crippen LogP contribution in [0.25, 0.3) is 11.2 Å². The van der Waals surface area contributed by atoms with E-state index in [1.807, 2.05) is 12.3 Å². The van der Waals surface area contributed by atoms with Crippen molar-refractivity contribution in [1.29, 1.82) is 0 Å². The lowest BCUT2D eigenvalue weighted by atomic mass is 9.76. The zero-order chi connectivity index (χ0) is 24.0. The van der Waals surface area contributed by atoms with E-state index in [2.05, 4.69) is 30.9 Å². The number of aromatic nitrogens is 5. The maximum Gasteiger partial charge on any atom is 0.434 e. The normalized spacial score (nSPS) is 17.2. The van der Waals surface area contributed by atoms with E-state index < -0.39 is 11.9 Å². The van der Waals surface area contributed by atoms with Gasteiger partial charge in [0, 0.05) is 36.1 Å². The number of rotatable bonds is 3. The van der Waals surface area contributed by atoms with Crippen molar-refractivity contribution >= 4 is 28.7 Å². The highest BCUT2D eigenvalue weighted by Gasteiger charge is 2.40. The van der Waals surface area contributed by atoms with E-state index >= 15 is 0 Å². The molecule has 10 heteroatoms. The van der Waals surface area contributed by atoms with Crippen LogP contribution in [0.1, 0.15) is 29.8 Å². The van der Waals surface area contributed by atoms with Gasteiger partial charge in [-0.3, -0.25) is 9.97 Å². The van der Waals surface area contributed by atoms with Crippen LogP contribution in [-0.4, -0.2) is 38.0 Å². The third-order valence-electron chi connectivity index (χ3n) is 6.86. The van der Waals surface area contributed by atoms with Gasteiger partial charge in [0.1, 0.15) is 16.4 Å². The summed E-state index contributed by atoms with van der Waals surface area (Å²) < 4.78 is 39.8. The Balaban J connectivity index is 1.17. The van der Waals surface area contributed by atoms with Gasteiger partial charge in [0.25, 0.3) is 0 Å². The number of fused-ring (bicyclic) bond motifs is 2. The molecule has 0 radical (unpaired) electrons. The van der Waals surface area contributed by atoms with Gasteiger partial charge in [0.15, 0.2) is 11.3 Å². The van der Waals surface area contributed by atoms with Crippen molar-refractivity contribution in [1.82, 2.24) is 24.9 Å². The minimum atomic E-state index is -4.53. The lowest BCUT2D eigenvalue weighted by Gasteiger charge is -2.39. The molecule has 0 aromatic carbocycles. The van der Waals surface area contributed by atoms with Gasteiger partial charge in [-0.2, -0.15) is 13.2 Å². The minimum Gasteiger partial charge on any atom is -0.355 e. The Morgan fingerprint density at radius 3 is 2.49 bits per heavy atom. The summed E-state index contributed by atoms with van der Waals surface area (Å²) in [5, 5.41) is 0.410. The van der Waals surface area contributed by atoms with Crippen molar-refractivity contribution in [3.63, 3.8) is 0 Å². The molecule has 2 aliphatic rings. The molecular weight excluding hydrogens is 473 g/mol. The molecule has 0 bridgehead atoms. The maximum absolute atomic E-state index is 13.3. The summed E-state index contributed by atoms with van der Waals surface area (Å²) in [5.41, 5.74) is 3.00. The highest BCUT2D eigenvalue weighted by atomic mass is 32.2. The Kier molecular flexibility index (Phi) is 5.36. The van der Waals surface area contributed by atoms with E-state index in [9.17, 15) is 13.2 Å². The molecule has 1 fully saturated rings. The van der Waals surface area contributed by atoms with Crippen LogP contribution < -0.4 is 4.90 Å². The van der Waals surface area contributed by atoms with Crippen molar-refractivity contribution in [3.8, 4) is 0 Å². The fourth-order valence-electron chi connectivity index (χ4n) is 5.06. The maximum atomic E-state index is 13.3. The number of hydrogen-bond acceptors (Lipinski definition) is 7. The average molecular weight is 495 g/mol. The van der Waals surface area contributed by atoms with Crippen LogP contribution in [0.4, 0.5) is 19.0 Å². The van der Waals surface area contributed by atoms with E-state index in [1.54, 1.807) is 18.3 Å². The van der Waals surface area contributed by atoms with Crippen LogP contribution in [0.5, 0.6) is 0 Å². The van der Waals surface area contributed by atoms with Gasteiger partial charge in [-0.25, -0.2) is 15.0 Å². The summed E-state index contributed by atoms with van der Waals surface area (Å²) in [4.78, 5) is 24.0. The Hall–Kier alpha value is -3.27. The SMILES string of the molecule is FC(F)(F)c1ncccc1Sc1ccc2nc(N3CCC4(CC3)Cc3cccnc3C4)cnc2n1. The summed E-state index contributed by atoms with van der Waals surface area (Å²) in [7, 11) is 0. The van der Waals surface area contributed by atoms with Gasteiger partial charge in [-0.1, -0.05) is 17.8 Å². The molecule has 1 spiro atoms. The third-order valence-corrected chi connectivity index (χ3v) is 7.85. The number of hydrogen-bond donors (Lipinski definition) is 0. The predicted molar refractivity (Wildman–Crippen MR) is 126 cm³/mol. The molecule has 0 N–H and O–H groups in total. The first-order chi connectivity index (χ1) is 16.9. The molecule has 4 aromatic heterocycles. The summed E-state index contributed by atoms with van der Waals surface area (Å²) in [5.74, 6) is 0.801. The van der Waals surface area contributed by atoms with Crippen molar-refractivity contribution in [2.45, 2.75) is 41.8 Å². The van der Waals surface area contributed by atoms with Crippen molar-refractivity contribution in [2.75, 3.05) is 18.0 Å². The zero-order valence-electron chi connectivity index (χ0n) is 18.7. The van der Waals surface area contributed by atoms with E-state index in [1.165, 1.54) is 23.4 Å². The topological polar surface area (TPSA) is 67.7 Å². The summed E-state index contributed by atoms with van der Waals surface area (Å²) in [6, 6.07) is 10.5. The van der Waals surface area contributed by atoms with Gasteiger partial charge in [0.2, 0.25) is 0 Å². The third kappa shape index (κ3) is 4.31. The molecule has 6 rings (SSSR count). The summed E-state index contributed by atoms with van der Waals surface area (Å²) in [6.07, 6.45) is 4.47. The van der Waals surface area contributed by atoms with E-state index in [4.69, 9.17) is 4.98 Å². The van der Waals surface area contributed by atoms with Gasteiger partial charge in [0.05, 0.1) is 6.20 Å². The number of piperidine rings is 1. The molecule has 1 aliphatic heterocycles. The Morgan fingerprint density at radius 1 is 0.886 bits per heavy atom. The van der Waals surface area contributed by atoms with Gasteiger partial charge < -0.3 is 4.90 Å². The van der Waals surface area contributed by atoms with E-state index in [-0.39, 0.29) is 10.3 Å². The zero-order valence-corrected chi connectivity index (χ0v) is 19.5. The second kappa shape index (κ2) is 8.44. The molecule has 1 saturated heterocycles. The Bertz CT molecular complexity index is 1370. The lowest BCUT2D eigenvalue weighted by molar-refractivity contribution is -0.143. The quantitative estimate of drug-likeness (QED) is 0.379. The molecule has 0 saturated carbocycles. The monoisotopic (exact) mass is 494 g/mol. The van der Waals surface area contributed by atoms with Crippen molar-refractivity contribution in [3.05, 3.63) is 71.9 Å². The van der Waals surface area contributed by atoms with Crippen LogP contribution in [0.15, 0.2) is 64.9 Å². The van der Waals surface area contributed by atoms with Crippen LogP contribution in [0.2, 0.25) is 0 Å². The Morgan fingerprint density at radius 2 is 1.69 bits per heavy atom.